The van der Waals surface area contributed by atoms with Crippen LogP contribution in [0.3, 0.4) is 0 Å². The quantitative estimate of drug-likeness (QED) is 0.931. The van der Waals surface area contributed by atoms with Gasteiger partial charge in [0.15, 0.2) is 0 Å². The van der Waals surface area contributed by atoms with E-state index in [-0.39, 0.29) is 0 Å². The SMILES string of the molecule is Clc1cncnc1NC1CC1c1ccccc1Br. The molecule has 18 heavy (non-hydrogen) atoms. The van der Waals surface area contributed by atoms with Crippen LogP contribution < -0.4 is 5.32 Å². The lowest BCUT2D eigenvalue weighted by atomic mass is 10.1. The molecule has 0 radical (unpaired) electrons. The van der Waals surface area contributed by atoms with Crippen LogP contribution in [0.5, 0.6) is 0 Å². The maximum absolute atomic E-state index is 6.02. The third-order valence-corrected chi connectivity index (χ3v) is 4.08. The molecule has 2 atom stereocenters. The van der Waals surface area contributed by atoms with Gasteiger partial charge in [-0.1, -0.05) is 45.7 Å². The van der Waals surface area contributed by atoms with Crippen LogP contribution >= 0.6 is 27.5 Å². The maximum atomic E-state index is 6.02. The third kappa shape index (κ3) is 2.35. The average Bonchev–Trinajstić information content (AvgIpc) is 3.12. The fraction of sp³-hybridized carbons (Fsp3) is 0.231. The van der Waals surface area contributed by atoms with Crippen LogP contribution in [0.4, 0.5) is 5.82 Å². The Bertz CT molecular complexity index is 576. The van der Waals surface area contributed by atoms with Crippen LogP contribution in [0.1, 0.15) is 17.9 Å². The number of hydrogen-bond acceptors (Lipinski definition) is 3. The van der Waals surface area contributed by atoms with Crippen LogP contribution in [-0.4, -0.2) is 16.0 Å². The third-order valence-electron chi connectivity index (χ3n) is 3.08. The fourth-order valence-electron chi connectivity index (χ4n) is 2.07. The van der Waals surface area contributed by atoms with Crippen LogP contribution in [0, 0.1) is 0 Å². The van der Waals surface area contributed by atoms with Gasteiger partial charge >= 0.3 is 0 Å². The standard InChI is InChI=1S/C13H11BrClN3/c14-10-4-2-1-3-8(10)9-5-12(9)18-13-11(15)6-16-7-17-13/h1-4,6-7,9,12H,5H2,(H,16,17,18). The van der Waals surface area contributed by atoms with Gasteiger partial charge in [-0.3, -0.25) is 0 Å². The number of halogens is 2. The van der Waals surface area contributed by atoms with E-state index in [1.807, 2.05) is 6.07 Å². The second-order valence-corrected chi connectivity index (χ2v) is 5.60. The van der Waals surface area contributed by atoms with Crippen molar-refractivity contribution in [2.45, 2.75) is 18.4 Å². The lowest BCUT2D eigenvalue weighted by Gasteiger charge is -2.07. The van der Waals surface area contributed by atoms with Crippen molar-refractivity contribution in [3.8, 4) is 0 Å². The molecule has 1 aliphatic rings. The minimum absolute atomic E-state index is 0.399. The van der Waals surface area contributed by atoms with Gasteiger partial charge in [0.25, 0.3) is 0 Å². The topological polar surface area (TPSA) is 37.8 Å². The van der Waals surface area contributed by atoms with Gasteiger partial charge in [0, 0.05) is 16.4 Å². The van der Waals surface area contributed by atoms with Crippen LogP contribution in [0.2, 0.25) is 5.02 Å². The maximum Gasteiger partial charge on any atom is 0.148 e. The monoisotopic (exact) mass is 323 g/mol. The van der Waals surface area contributed by atoms with Gasteiger partial charge in [-0.25, -0.2) is 9.97 Å². The molecule has 1 N–H and O–H groups in total. The highest BCUT2D eigenvalue weighted by Gasteiger charge is 2.39. The van der Waals surface area contributed by atoms with Gasteiger partial charge in [-0.05, 0) is 18.1 Å². The summed E-state index contributed by atoms with van der Waals surface area (Å²) < 4.78 is 1.16. The van der Waals surface area contributed by atoms with Crippen molar-refractivity contribution in [2.24, 2.45) is 0 Å². The molecule has 0 aliphatic heterocycles. The van der Waals surface area contributed by atoms with Crippen LogP contribution in [-0.2, 0) is 0 Å². The molecule has 3 rings (SSSR count). The van der Waals surface area contributed by atoms with Crippen molar-refractivity contribution in [2.75, 3.05) is 5.32 Å². The zero-order valence-corrected chi connectivity index (χ0v) is 11.8. The number of benzene rings is 1. The summed E-state index contributed by atoms with van der Waals surface area (Å²) in [7, 11) is 0. The summed E-state index contributed by atoms with van der Waals surface area (Å²) in [5, 5.41) is 3.92. The molecule has 2 unspecified atom stereocenters. The summed E-state index contributed by atoms with van der Waals surface area (Å²) >= 11 is 9.61. The Balaban J connectivity index is 1.72. The van der Waals surface area contributed by atoms with Gasteiger partial charge < -0.3 is 5.32 Å². The first-order valence-electron chi connectivity index (χ1n) is 5.72. The molecule has 1 saturated carbocycles. The summed E-state index contributed by atoms with van der Waals surface area (Å²) in [6, 6.07) is 8.71. The number of hydrogen-bond donors (Lipinski definition) is 1. The lowest BCUT2D eigenvalue weighted by Crippen LogP contribution is -2.06. The molecule has 1 heterocycles. The summed E-state index contributed by atoms with van der Waals surface area (Å²) in [4.78, 5) is 8.02. The first kappa shape index (κ1) is 11.9. The van der Waals surface area contributed by atoms with E-state index in [1.54, 1.807) is 6.20 Å². The number of anilines is 1. The molecule has 0 spiro atoms. The second-order valence-electron chi connectivity index (χ2n) is 4.33. The Kier molecular flexibility index (Phi) is 3.22. The Morgan fingerprint density at radius 2 is 2.17 bits per heavy atom. The highest BCUT2D eigenvalue weighted by atomic mass is 79.9. The molecule has 1 aliphatic carbocycles. The highest BCUT2D eigenvalue weighted by molar-refractivity contribution is 9.10. The largest absolute Gasteiger partial charge is 0.365 e. The lowest BCUT2D eigenvalue weighted by molar-refractivity contribution is 1.02. The molecule has 1 aromatic carbocycles. The fourth-order valence-corrected chi connectivity index (χ4v) is 2.81. The molecule has 5 heteroatoms. The molecular formula is C13H11BrClN3. The van der Waals surface area contributed by atoms with Gasteiger partial charge in [0.05, 0.1) is 6.20 Å². The summed E-state index contributed by atoms with van der Waals surface area (Å²) in [5.41, 5.74) is 1.33. The Labute approximate surface area is 119 Å². The Hall–Kier alpha value is -1.13. The van der Waals surface area contributed by atoms with E-state index in [2.05, 4.69) is 49.4 Å². The first-order valence-corrected chi connectivity index (χ1v) is 6.89. The molecule has 1 fully saturated rings. The number of nitrogens with zero attached hydrogens (tertiary/aromatic N) is 2. The Morgan fingerprint density at radius 3 is 2.94 bits per heavy atom. The van der Waals surface area contributed by atoms with Gasteiger partial charge in [0.2, 0.25) is 0 Å². The zero-order chi connectivity index (χ0) is 12.5. The minimum Gasteiger partial charge on any atom is -0.365 e. The van der Waals surface area contributed by atoms with Gasteiger partial charge in [-0.15, -0.1) is 0 Å². The number of nitrogens with one attached hydrogen (secondary N) is 1. The minimum atomic E-state index is 0.399. The van der Waals surface area contributed by atoms with E-state index in [1.165, 1.54) is 11.9 Å². The molecule has 0 bridgehead atoms. The molecular weight excluding hydrogens is 314 g/mol. The summed E-state index contributed by atoms with van der Waals surface area (Å²) in [6.07, 6.45) is 4.21. The average molecular weight is 325 g/mol. The van der Waals surface area contributed by atoms with Crippen molar-refractivity contribution >= 4 is 33.3 Å². The summed E-state index contributed by atoms with van der Waals surface area (Å²) in [6.45, 7) is 0. The highest BCUT2D eigenvalue weighted by Crippen LogP contribution is 2.45. The number of aromatic nitrogens is 2. The van der Waals surface area contributed by atoms with E-state index in [0.717, 1.165) is 10.9 Å². The zero-order valence-electron chi connectivity index (χ0n) is 9.48. The molecule has 2 aromatic rings. The van der Waals surface area contributed by atoms with E-state index >= 15 is 0 Å². The predicted octanol–water partition coefficient (Wildman–Crippen LogP) is 3.86. The van der Waals surface area contributed by atoms with Crippen molar-refractivity contribution in [1.29, 1.82) is 0 Å². The molecule has 1 aromatic heterocycles. The van der Waals surface area contributed by atoms with Crippen molar-refractivity contribution in [3.63, 3.8) is 0 Å². The van der Waals surface area contributed by atoms with E-state index in [0.29, 0.717) is 22.8 Å². The molecule has 3 nitrogen and oxygen atoms in total. The Morgan fingerprint density at radius 1 is 1.33 bits per heavy atom. The van der Waals surface area contributed by atoms with Crippen molar-refractivity contribution < 1.29 is 0 Å². The normalized spacial score (nSPS) is 21.7. The van der Waals surface area contributed by atoms with E-state index in [4.69, 9.17) is 11.6 Å². The molecule has 92 valence electrons. The smallest absolute Gasteiger partial charge is 0.148 e. The van der Waals surface area contributed by atoms with Crippen molar-refractivity contribution in [1.82, 2.24) is 9.97 Å². The summed E-state index contributed by atoms with van der Waals surface area (Å²) in [5.74, 6) is 1.23. The van der Waals surface area contributed by atoms with Gasteiger partial charge in [-0.2, -0.15) is 0 Å². The van der Waals surface area contributed by atoms with E-state index < -0.39 is 0 Å². The van der Waals surface area contributed by atoms with Crippen LogP contribution in [0.15, 0.2) is 41.3 Å². The van der Waals surface area contributed by atoms with E-state index in [9.17, 15) is 0 Å². The second kappa shape index (κ2) is 4.86. The predicted molar refractivity (Wildman–Crippen MR) is 76.0 cm³/mol. The van der Waals surface area contributed by atoms with Crippen molar-refractivity contribution in [3.05, 3.63) is 51.8 Å². The number of rotatable bonds is 3. The first-order chi connectivity index (χ1) is 8.75. The van der Waals surface area contributed by atoms with Gasteiger partial charge in [0.1, 0.15) is 17.2 Å². The molecule has 0 amide bonds. The van der Waals surface area contributed by atoms with Crippen LogP contribution in [0.25, 0.3) is 0 Å². The molecule has 0 saturated heterocycles.